The first-order valence-electron chi connectivity index (χ1n) is 8.14. The maximum Gasteiger partial charge on any atom is 0.133 e. The van der Waals surface area contributed by atoms with E-state index < -0.39 is 0 Å². The fraction of sp³-hybridized carbons (Fsp3) is 0.722. The third-order valence-corrected chi connectivity index (χ3v) is 4.54. The minimum absolute atomic E-state index is 0.125. The van der Waals surface area contributed by atoms with Gasteiger partial charge in [0, 0.05) is 36.4 Å². The summed E-state index contributed by atoms with van der Waals surface area (Å²) in [4.78, 5) is 7.35. The SMILES string of the molecule is Cc1cc(C)c(CNC(C)(C)C)c(N2CC(C)C(C)C2)n1. The zero-order chi connectivity index (χ0) is 15.8. The lowest BCUT2D eigenvalue weighted by atomic mass is 10.0. The monoisotopic (exact) mass is 289 g/mol. The first-order valence-corrected chi connectivity index (χ1v) is 8.14. The van der Waals surface area contributed by atoms with Gasteiger partial charge in [0.25, 0.3) is 0 Å². The van der Waals surface area contributed by atoms with E-state index in [2.05, 4.69) is 64.7 Å². The van der Waals surface area contributed by atoms with Crippen LogP contribution in [0.4, 0.5) is 5.82 Å². The standard InChI is InChI=1S/C18H31N3/c1-12-8-15(4)20-17(16(12)9-19-18(5,6)7)21-10-13(2)14(3)11-21/h8,13-14,19H,9-11H2,1-7H3. The van der Waals surface area contributed by atoms with Crippen molar-refractivity contribution in [2.24, 2.45) is 11.8 Å². The smallest absolute Gasteiger partial charge is 0.133 e. The molecule has 1 saturated heterocycles. The Balaban J connectivity index is 2.30. The van der Waals surface area contributed by atoms with Gasteiger partial charge in [0.15, 0.2) is 0 Å². The summed E-state index contributed by atoms with van der Waals surface area (Å²) in [5.41, 5.74) is 3.95. The lowest BCUT2D eigenvalue weighted by Gasteiger charge is -2.26. The van der Waals surface area contributed by atoms with Crippen LogP contribution in [0, 0.1) is 25.7 Å². The molecule has 0 radical (unpaired) electrons. The molecule has 1 N–H and O–H groups in total. The van der Waals surface area contributed by atoms with Gasteiger partial charge in [-0.05, 0) is 58.1 Å². The van der Waals surface area contributed by atoms with Crippen molar-refractivity contribution in [3.8, 4) is 0 Å². The second-order valence-corrected chi connectivity index (χ2v) is 7.85. The number of nitrogens with zero attached hydrogens (tertiary/aromatic N) is 2. The van der Waals surface area contributed by atoms with E-state index in [1.165, 1.54) is 16.9 Å². The van der Waals surface area contributed by atoms with Crippen LogP contribution in [0.15, 0.2) is 6.07 Å². The van der Waals surface area contributed by atoms with E-state index >= 15 is 0 Å². The van der Waals surface area contributed by atoms with Crippen molar-refractivity contribution in [3.63, 3.8) is 0 Å². The fourth-order valence-corrected chi connectivity index (χ4v) is 2.98. The average Bonchev–Trinajstić information content (AvgIpc) is 2.66. The average molecular weight is 289 g/mol. The number of anilines is 1. The van der Waals surface area contributed by atoms with Gasteiger partial charge in [0.1, 0.15) is 5.82 Å². The van der Waals surface area contributed by atoms with Crippen LogP contribution in [0.1, 0.15) is 51.4 Å². The third-order valence-electron chi connectivity index (χ3n) is 4.54. The third kappa shape index (κ3) is 3.97. The Labute approximate surface area is 130 Å². The highest BCUT2D eigenvalue weighted by atomic mass is 15.2. The first kappa shape index (κ1) is 16.3. The molecule has 0 saturated carbocycles. The van der Waals surface area contributed by atoms with E-state index in [1.807, 2.05) is 0 Å². The molecule has 1 fully saturated rings. The Morgan fingerprint density at radius 2 is 1.76 bits per heavy atom. The van der Waals surface area contributed by atoms with Crippen molar-refractivity contribution in [1.82, 2.24) is 10.3 Å². The van der Waals surface area contributed by atoms with Crippen LogP contribution in [0.3, 0.4) is 0 Å². The van der Waals surface area contributed by atoms with Crippen LogP contribution in [0.5, 0.6) is 0 Å². The van der Waals surface area contributed by atoms with Gasteiger partial charge in [-0.15, -0.1) is 0 Å². The van der Waals surface area contributed by atoms with E-state index in [4.69, 9.17) is 4.98 Å². The summed E-state index contributed by atoms with van der Waals surface area (Å²) in [6.07, 6.45) is 0. The lowest BCUT2D eigenvalue weighted by molar-refractivity contribution is 0.423. The minimum atomic E-state index is 0.125. The molecular weight excluding hydrogens is 258 g/mol. The normalized spacial score (nSPS) is 22.9. The highest BCUT2D eigenvalue weighted by Crippen LogP contribution is 2.30. The van der Waals surface area contributed by atoms with Crippen molar-refractivity contribution in [2.45, 2.75) is 60.5 Å². The molecule has 0 amide bonds. The number of nitrogens with one attached hydrogen (secondary N) is 1. The van der Waals surface area contributed by atoms with Crippen molar-refractivity contribution in [3.05, 3.63) is 22.9 Å². The molecule has 1 aromatic rings. The van der Waals surface area contributed by atoms with Crippen LogP contribution < -0.4 is 10.2 Å². The van der Waals surface area contributed by atoms with E-state index in [0.717, 1.165) is 37.2 Å². The summed E-state index contributed by atoms with van der Waals surface area (Å²) in [6, 6.07) is 2.20. The van der Waals surface area contributed by atoms with E-state index in [9.17, 15) is 0 Å². The Kier molecular flexibility index (Phi) is 4.62. The molecule has 118 valence electrons. The predicted octanol–water partition coefficient (Wildman–Crippen LogP) is 3.68. The van der Waals surface area contributed by atoms with Gasteiger partial charge >= 0.3 is 0 Å². The van der Waals surface area contributed by atoms with Gasteiger partial charge in [0.05, 0.1) is 0 Å². The number of hydrogen-bond acceptors (Lipinski definition) is 3. The molecule has 1 aromatic heterocycles. The summed E-state index contributed by atoms with van der Waals surface area (Å²) in [6.45, 7) is 18.8. The van der Waals surface area contributed by atoms with Gasteiger partial charge in [-0.1, -0.05) is 13.8 Å². The van der Waals surface area contributed by atoms with Crippen LogP contribution in [-0.4, -0.2) is 23.6 Å². The van der Waals surface area contributed by atoms with E-state index in [0.29, 0.717) is 0 Å². The van der Waals surface area contributed by atoms with Crippen LogP contribution >= 0.6 is 0 Å². The van der Waals surface area contributed by atoms with Gasteiger partial charge in [-0.2, -0.15) is 0 Å². The van der Waals surface area contributed by atoms with Crippen molar-refractivity contribution >= 4 is 5.82 Å². The molecule has 21 heavy (non-hydrogen) atoms. The van der Waals surface area contributed by atoms with Crippen molar-refractivity contribution < 1.29 is 0 Å². The molecule has 1 aliphatic heterocycles. The molecule has 1 aliphatic rings. The maximum absolute atomic E-state index is 4.87. The molecule has 0 aromatic carbocycles. The maximum atomic E-state index is 4.87. The highest BCUT2D eigenvalue weighted by Gasteiger charge is 2.29. The molecule has 0 aliphatic carbocycles. The molecule has 0 spiro atoms. The molecule has 2 heterocycles. The molecule has 2 rings (SSSR count). The van der Waals surface area contributed by atoms with E-state index in [1.54, 1.807) is 0 Å². The summed E-state index contributed by atoms with van der Waals surface area (Å²) < 4.78 is 0. The van der Waals surface area contributed by atoms with Gasteiger partial charge in [0.2, 0.25) is 0 Å². The Morgan fingerprint density at radius 1 is 1.19 bits per heavy atom. The Hall–Kier alpha value is -1.09. The number of aryl methyl sites for hydroxylation is 2. The number of pyridine rings is 1. The lowest BCUT2D eigenvalue weighted by Crippen LogP contribution is -2.36. The Bertz CT molecular complexity index is 492. The van der Waals surface area contributed by atoms with E-state index in [-0.39, 0.29) is 5.54 Å². The van der Waals surface area contributed by atoms with Crippen LogP contribution in [0.25, 0.3) is 0 Å². The second kappa shape index (κ2) is 5.96. The summed E-state index contributed by atoms with van der Waals surface area (Å²) in [5.74, 6) is 2.69. The second-order valence-electron chi connectivity index (χ2n) is 7.85. The summed E-state index contributed by atoms with van der Waals surface area (Å²) >= 11 is 0. The molecular formula is C18H31N3. The van der Waals surface area contributed by atoms with Gasteiger partial charge in [-0.3, -0.25) is 0 Å². The van der Waals surface area contributed by atoms with Crippen LogP contribution in [-0.2, 0) is 6.54 Å². The quantitative estimate of drug-likeness (QED) is 0.920. The van der Waals surface area contributed by atoms with Crippen molar-refractivity contribution in [1.29, 1.82) is 0 Å². The number of aromatic nitrogens is 1. The fourth-order valence-electron chi connectivity index (χ4n) is 2.98. The number of hydrogen-bond donors (Lipinski definition) is 1. The molecule has 3 nitrogen and oxygen atoms in total. The Morgan fingerprint density at radius 3 is 2.29 bits per heavy atom. The topological polar surface area (TPSA) is 28.2 Å². The van der Waals surface area contributed by atoms with Gasteiger partial charge in [-0.25, -0.2) is 4.98 Å². The molecule has 2 unspecified atom stereocenters. The molecule has 2 atom stereocenters. The summed E-state index contributed by atoms with van der Waals surface area (Å²) in [7, 11) is 0. The highest BCUT2D eigenvalue weighted by molar-refractivity contribution is 5.52. The zero-order valence-electron chi connectivity index (χ0n) is 14.7. The zero-order valence-corrected chi connectivity index (χ0v) is 14.7. The minimum Gasteiger partial charge on any atom is -0.356 e. The first-order chi connectivity index (χ1) is 9.67. The molecule has 0 bridgehead atoms. The summed E-state index contributed by atoms with van der Waals surface area (Å²) in [5, 5.41) is 3.62. The van der Waals surface area contributed by atoms with Crippen molar-refractivity contribution in [2.75, 3.05) is 18.0 Å². The number of rotatable bonds is 3. The molecule has 3 heteroatoms. The van der Waals surface area contributed by atoms with Crippen LogP contribution in [0.2, 0.25) is 0 Å². The van der Waals surface area contributed by atoms with Gasteiger partial charge < -0.3 is 10.2 Å². The predicted molar refractivity (Wildman–Crippen MR) is 90.8 cm³/mol. The largest absolute Gasteiger partial charge is 0.356 e.